The van der Waals surface area contributed by atoms with E-state index in [2.05, 4.69) is 0 Å². The summed E-state index contributed by atoms with van der Waals surface area (Å²) >= 11 is 5.42. The quantitative estimate of drug-likeness (QED) is 0.503. The number of halogens is 1. The van der Waals surface area contributed by atoms with Crippen molar-refractivity contribution in [2.24, 2.45) is 0 Å². The van der Waals surface area contributed by atoms with Crippen molar-refractivity contribution in [3.05, 3.63) is 0 Å². The second-order valence-electron chi connectivity index (χ2n) is 2.13. The Bertz CT molecular complexity index is 157. The van der Waals surface area contributed by atoms with Crippen molar-refractivity contribution in [1.29, 1.82) is 0 Å². The summed E-state index contributed by atoms with van der Waals surface area (Å²) in [6.07, 6.45) is 0. The minimum Gasteiger partial charge on any atom is -0.487 e. The van der Waals surface area contributed by atoms with Crippen LogP contribution in [-0.2, 0) is 18.4 Å². The summed E-state index contributed by atoms with van der Waals surface area (Å²) in [5.41, 5.74) is 0. The van der Waals surface area contributed by atoms with E-state index < -0.39 is 21.2 Å². The lowest BCUT2D eigenvalue weighted by Crippen LogP contribution is -2.27. The first-order valence-corrected chi connectivity index (χ1v) is 5.76. The molecule has 0 bridgehead atoms. The highest BCUT2D eigenvalue weighted by atomic mass is 35.5. The Morgan fingerprint density at radius 1 is 1.25 bits per heavy atom. The molecule has 0 fully saturated rings. The summed E-state index contributed by atoms with van der Waals surface area (Å²) in [5.74, 6) is -0.534. The fourth-order valence-electron chi connectivity index (χ4n) is 0.601. The van der Waals surface area contributed by atoms with Gasteiger partial charge in [-0.1, -0.05) is 0 Å². The second-order valence-corrected chi connectivity index (χ2v) is 4.41. The molecule has 70 valence electrons. The van der Waals surface area contributed by atoms with Crippen LogP contribution < -0.4 is 0 Å². The van der Waals surface area contributed by atoms with E-state index in [0.717, 1.165) is 0 Å². The first kappa shape index (κ1) is 11.4. The first-order valence-electron chi connectivity index (χ1n) is 3.46. The van der Waals surface area contributed by atoms with E-state index >= 15 is 0 Å². The third-order valence-corrected chi connectivity index (χ3v) is 3.47. The van der Waals surface area contributed by atoms with Crippen molar-refractivity contribution in [2.45, 2.75) is 19.9 Å². The fraction of sp³-hybridized carbons (Fsp3) is 0.667. The lowest BCUT2D eigenvalue weighted by atomic mass is 10.9. The molecule has 0 aromatic rings. The zero-order valence-corrected chi connectivity index (χ0v) is 8.91. The Kier molecular flexibility index (Phi) is 5.74. The van der Waals surface area contributed by atoms with Crippen LogP contribution in [0, 0.1) is 0 Å². The number of carbonyl (C=O) groups excluding carboxylic acids is 2. The minimum atomic E-state index is -2.18. The van der Waals surface area contributed by atoms with E-state index in [9.17, 15) is 9.59 Å². The molecule has 0 unspecified atom stereocenters. The van der Waals surface area contributed by atoms with Crippen LogP contribution in [0.25, 0.3) is 0 Å². The molecule has 0 spiro atoms. The van der Waals surface area contributed by atoms with Crippen LogP contribution in [0.1, 0.15) is 13.8 Å². The first-order chi connectivity index (χ1) is 5.56. The van der Waals surface area contributed by atoms with Crippen molar-refractivity contribution in [2.75, 3.05) is 5.88 Å². The van der Waals surface area contributed by atoms with E-state index in [4.69, 9.17) is 20.5 Å². The molecule has 0 rings (SSSR count). The number of rotatable bonds is 4. The Balaban J connectivity index is 3.85. The van der Waals surface area contributed by atoms with Crippen molar-refractivity contribution >= 4 is 32.8 Å². The topological polar surface area (TPSA) is 52.6 Å². The van der Waals surface area contributed by atoms with Crippen LogP contribution in [0.4, 0.5) is 0 Å². The SMILES string of the molecule is CC(=O)O[SiH](CCCl)OC(C)=O. The standard InChI is InChI=1S/C6H11ClO4Si/c1-5(8)10-12(4-3-7)11-6(2)9/h12H,3-4H2,1-2H3. The van der Waals surface area contributed by atoms with Crippen LogP contribution >= 0.6 is 11.6 Å². The molecular weight excluding hydrogens is 200 g/mol. The average Bonchev–Trinajstić information content (AvgIpc) is 1.84. The number of carbonyl (C=O) groups is 2. The van der Waals surface area contributed by atoms with Crippen molar-refractivity contribution in [3.8, 4) is 0 Å². The van der Waals surface area contributed by atoms with Crippen LogP contribution in [0.5, 0.6) is 0 Å². The van der Waals surface area contributed by atoms with Gasteiger partial charge in [0.2, 0.25) is 0 Å². The van der Waals surface area contributed by atoms with Crippen molar-refractivity contribution in [1.82, 2.24) is 0 Å². The predicted octanol–water partition coefficient (Wildman–Crippen LogP) is 0.572. The summed E-state index contributed by atoms with van der Waals surface area (Å²) in [4.78, 5) is 21.0. The van der Waals surface area contributed by atoms with Crippen LogP contribution in [0.2, 0.25) is 6.04 Å². The summed E-state index contributed by atoms with van der Waals surface area (Å²) in [6.45, 7) is 2.55. The lowest BCUT2D eigenvalue weighted by molar-refractivity contribution is -0.137. The summed E-state index contributed by atoms with van der Waals surface area (Å²) in [5, 5.41) is 0. The van der Waals surface area contributed by atoms with Gasteiger partial charge in [0, 0.05) is 25.8 Å². The lowest BCUT2D eigenvalue weighted by Gasteiger charge is -2.12. The summed E-state index contributed by atoms with van der Waals surface area (Å²) in [6, 6.07) is 0.445. The van der Waals surface area contributed by atoms with Gasteiger partial charge in [-0.3, -0.25) is 9.59 Å². The molecule has 0 saturated heterocycles. The van der Waals surface area contributed by atoms with Gasteiger partial charge in [0.1, 0.15) is 0 Å². The van der Waals surface area contributed by atoms with Gasteiger partial charge in [0.25, 0.3) is 11.9 Å². The Morgan fingerprint density at radius 3 is 1.92 bits per heavy atom. The van der Waals surface area contributed by atoms with Gasteiger partial charge >= 0.3 is 9.28 Å². The van der Waals surface area contributed by atoms with Crippen molar-refractivity contribution in [3.63, 3.8) is 0 Å². The molecule has 6 heteroatoms. The normalized spacial score (nSPS) is 9.67. The molecule has 0 saturated carbocycles. The molecule has 0 heterocycles. The van der Waals surface area contributed by atoms with E-state index in [0.29, 0.717) is 11.9 Å². The Morgan fingerprint density at radius 2 is 1.67 bits per heavy atom. The Labute approximate surface area is 77.6 Å². The van der Waals surface area contributed by atoms with E-state index in [1.165, 1.54) is 13.8 Å². The predicted molar refractivity (Wildman–Crippen MR) is 46.2 cm³/mol. The maximum atomic E-state index is 10.5. The molecule has 0 aromatic carbocycles. The highest BCUT2D eigenvalue weighted by Gasteiger charge is 2.18. The van der Waals surface area contributed by atoms with Gasteiger partial charge in [-0.2, -0.15) is 0 Å². The minimum absolute atomic E-state index is 0.331. The van der Waals surface area contributed by atoms with Crippen LogP contribution in [0.15, 0.2) is 0 Å². The number of hydrogen-bond acceptors (Lipinski definition) is 4. The summed E-state index contributed by atoms with van der Waals surface area (Å²) in [7, 11) is -2.18. The average molecular weight is 211 g/mol. The maximum absolute atomic E-state index is 10.5. The highest BCUT2D eigenvalue weighted by molar-refractivity contribution is 6.50. The molecule has 4 nitrogen and oxygen atoms in total. The molecule has 0 amide bonds. The fourth-order valence-corrected chi connectivity index (χ4v) is 2.34. The maximum Gasteiger partial charge on any atom is 0.449 e. The Hall–Kier alpha value is -0.553. The van der Waals surface area contributed by atoms with Gasteiger partial charge in [-0.05, 0) is 0 Å². The third-order valence-electron chi connectivity index (χ3n) is 0.940. The largest absolute Gasteiger partial charge is 0.487 e. The van der Waals surface area contributed by atoms with Crippen LogP contribution in [0.3, 0.4) is 0 Å². The zero-order valence-electron chi connectivity index (χ0n) is 7.00. The monoisotopic (exact) mass is 210 g/mol. The van der Waals surface area contributed by atoms with Crippen molar-refractivity contribution < 1.29 is 18.4 Å². The highest BCUT2D eigenvalue weighted by Crippen LogP contribution is 2.00. The number of alkyl halides is 1. The zero-order chi connectivity index (χ0) is 9.56. The molecule has 0 aromatic heterocycles. The van der Waals surface area contributed by atoms with Crippen LogP contribution in [-0.4, -0.2) is 27.1 Å². The van der Waals surface area contributed by atoms with E-state index in [1.807, 2.05) is 0 Å². The molecule has 0 aliphatic heterocycles. The third kappa shape index (κ3) is 6.18. The van der Waals surface area contributed by atoms with E-state index in [-0.39, 0.29) is 0 Å². The molecule has 0 aliphatic rings. The molecule has 12 heavy (non-hydrogen) atoms. The van der Waals surface area contributed by atoms with E-state index in [1.54, 1.807) is 0 Å². The molecule has 0 N–H and O–H groups in total. The molecule has 0 radical (unpaired) electrons. The van der Waals surface area contributed by atoms with Gasteiger partial charge < -0.3 is 8.85 Å². The summed E-state index contributed by atoms with van der Waals surface area (Å²) < 4.78 is 9.55. The van der Waals surface area contributed by atoms with Gasteiger partial charge in [-0.15, -0.1) is 11.6 Å². The number of hydrogen-bond donors (Lipinski definition) is 0. The molecule has 0 atom stereocenters. The second kappa shape index (κ2) is 6.02. The van der Waals surface area contributed by atoms with Gasteiger partial charge in [0.15, 0.2) is 0 Å². The molecular formula is C6H11ClO4Si. The molecule has 0 aliphatic carbocycles. The smallest absolute Gasteiger partial charge is 0.449 e. The van der Waals surface area contributed by atoms with Gasteiger partial charge in [-0.25, -0.2) is 0 Å². The van der Waals surface area contributed by atoms with Gasteiger partial charge in [0.05, 0.1) is 0 Å².